The highest BCUT2D eigenvalue weighted by atomic mass is 16.5. The number of hydrogen-bond donors (Lipinski definition) is 1. The summed E-state index contributed by atoms with van der Waals surface area (Å²) in [4.78, 5) is 41.9. The van der Waals surface area contributed by atoms with Gasteiger partial charge < -0.3 is 14.8 Å². The highest BCUT2D eigenvalue weighted by Crippen LogP contribution is 2.18. The third-order valence-electron chi connectivity index (χ3n) is 5.06. The fourth-order valence-electron chi connectivity index (χ4n) is 3.41. The highest BCUT2D eigenvalue weighted by Gasteiger charge is 2.21. The summed E-state index contributed by atoms with van der Waals surface area (Å²) in [6.07, 6.45) is 0.616. The molecular weight excluding hydrogens is 386 g/mol. The number of carbonyl (C=O) groups is 2. The van der Waals surface area contributed by atoms with Crippen molar-refractivity contribution in [3.63, 3.8) is 0 Å². The zero-order valence-electron chi connectivity index (χ0n) is 16.7. The van der Waals surface area contributed by atoms with Gasteiger partial charge in [-0.2, -0.15) is 0 Å². The number of nitrogens with zero attached hydrogens (tertiary/aromatic N) is 2. The predicted octanol–water partition coefficient (Wildman–Crippen LogP) is 2.54. The molecule has 8 nitrogen and oxygen atoms in total. The normalized spacial score (nSPS) is 13.5. The lowest BCUT2D eigenvalue weighted by atomic mass is 10.1. The molecule has 1 amide bonds. The second-order valence-corrected chi connectivity index (χ2v) is 7.09. The van der Waals surface area contributed by atoms with E-state index in [9.17, 15) is 14.4 Å². The molecule has 1 aromatic heterocycles. The van der Waals surface area contributed by atoms with Gasteiger partial charge in [0.1, 0.15) is 11.6 Å². The van der Waals surface area contributed by atoms with E-state index in [-0.39, 0.29) is 11.1 Å². The number of benzene rings is 2. The Balaban J connectivity index is 1.47. The van der Waals surface area contributed by atoms with E-state index < -0.39 is 18.0 Å². The zero-order valence-corrected chi connectivity index (χ0v) is 16.7. The molecule has 0 aliphatic carbocycles. The number of ether oxygens (including phenoxy) is 2. The Morgan fingerprint density at radius 1 is 1.17 bits per heavy atom. The second kappa shape index (κ2) is 7.98. The first-order valence-electron chi connectivity index (χ1n) is 9.65. The van der Waals surface area contributed by atoms with Gasteiger partial charge in [0.2, 0.25) is 0 Å². The number of anilines is 1. The molecule has 2 aromatic carbocycles. The standard InChI is InChI=1S/C22H21N3O5/c1-13(20(26)23-15-6-8-16(29-2)9-7-15)30-22(28)14-5-10-17-18(12-14)24-19-4-3-11-25(19)21(17)27/h5-10,12-13H,3-4,11H2,1-2H3,(H,23,26)/t13-/m1/s1. The van der Waals surface area contributed by atoms with Gasteiger partial charge in [0.25, 0.3) is 11.5 Å². The van der Waals surface area contributed by atoms with E-state index in [0.29, 0.717) is 28.9 Å². The van der Waals surface area contributed by atoms with Crippen LogP contribution < -0.4 is 15.6 Å². The molecule has 0 saturated carbocycles. The molecule has 1 aliphatic rings. The number of rotatable bonds is 5. The van der Waals surface area contributed by atoms with E-state index in [0.717, 1.165) is 18.7 Å². The lowest BCUT2D eigenvalue weighted by Gasteiger charge is -2.14. The maximum atomic E-state index is 12.5. The molecule has 154 valence electrons. The lowest BCUT2D eigenvalue weighted by molar-refractivity contribution is -0.123. The van der Waals surface area contributed by atoms with Crippen LogP contribution >= 0.6 is 0 Å². The molecule has 30 heavy (non-hydrogen) atoms. The first-order valence-corrected chi connectivity index (χ1v) is 9.65. The van der Waals surface area contributed by atoms with Crippen molar-refractivity contribution in [3.8, 4) is 5.75 Å². The molecule has 8 heteroatoms. The van der Waals surface area contributed by atoms with Crippen molar-refractivity contribution in [2.45, 2.75) is 32.4 Å². The Morgan fingerprint density at radius 2 is 1.93 bits per heavy atom. The molecule has 0 saturated heterocycles. The van der Waals surface area contributed by atoms with Gasteiger partial charge in [-0.25, -0.2) is 9.78 Å². The lowest BCUT2D eigenvalue weighted by Crippen LogP contribution is -2.30. The minimum Gasteiger partial charge on any atom is -0.497 e. The van der Waals surface area contributed by atoms with Gasteiger partial charge in [0.15, 0.2) is 6.10 Å². The maximum Gasteiger partial charge on any atom is 0.338 e. The molecule has 1 aliphatic heterocycles. The van der Waals surface area contributed by atoms with Crippen LogP contribution in [0.2, 0.25) is 0 Å². The van der Waals surface area contributed by atoms with Crippen LogP contribution in [-0.2, 0) is 22.5 Å². The number of fused-ring (bicyclic) bond motifs is 2. The van der Waals surface area contributed by atoms with E-state index in [4.69, 9.17) is 9.47 Å². The number of methoxy groups -OCH3 is 1. The summed E-state index contributed by atoms with van der Waals surface area (Å²) in [5, 5.41) is 3.15. The molecule has 0 radical (unpaired) electrons. The largest absolute Gasteiger partial charge is 0.497 e. The van der Waals surface area contributed by atoms with Crippen LogP contribution in [0.15, 0.2) is 47.3 Å². The van der Waals surface area contributed by atoms with Crippen molar-refractivity contribution in [1.29, 1.82) is 0 Å². The third kappa shape index (κ3) is 3.76. The van der Waals surface area contributed by atoms with E-state index in [2.05, 4.69) is 10.3 Å². The van der Waals surface area contributed by atoms with Crippen LogP contribution in [0.3, 0.4) is 0 Å². The number of esters is 1. The molecule has 0 fully saturated rings. The van der Waals surface area contributed by atoms with Crippen molar-refractivity contribution in [2.75, 3.05) is 12.4 Å². The highest BCUT2D eigenvalue weighted by molar-refractivity contribution is 5.98. The zero-order chi connectivity index (χ0) is 21.3. The predicted molar refractivity (Wildman–Crippen MR) is 111 cm³/mol. The summed E-state index contributed by atoms with van der Waals surface area (Å²) in [7, 11) is 1.56. The van der Waals surface area contributed by atoms with Crippen molar-refractivity contribution in [3.05, 3.63) is 64.2 Å². The number of aromatic nitrogens is 2. The van der Waals surface area contributed by atoms with Gasteiger partial charge in [-0.3, -0.25) is 14.2 Å². The van der Waals surface area contributed by atoms with Gasteiger partial charge in [0.05, 0.1) is 23.6 Å². The minimum absolute atomic E-state index is 0.0975. The summed E-state index contributed by atoms with van der Waals surface area (Å²) >= 11 is 0. The molecule has 0 bridgehead atoms. The Hall–Kier alpha value is -3.68. The van der Waals surface area contributed by atoms with Crippen LogP contribution in [0.1, 0.15) is 29.5 Å². The Bertz CT molecular complexity index is 1180. The first kappa shape index (κ1) is 19.6. The molecule has 4 rings (SSSR count). The smallest absolute Gasteiger partial charge is 0.338 e. The van der Waals surface area contributed by atoms with E-state index >= 15 is 0 Å². The monoisotopic (exact) mass is 407 g/mol. The van der Waals surface area contributed by atoms with Crippen molar-refractivity contribution in [1.82, 2.24) is 9.55 Å². The van der Waals surface area contributed by atoms with E-state index in [1.165, 1.54) is 19.1 Å². The summed E-state index contributed by atoms with van der Waals surface area (Å²) < 4.78 is 12.1. The van der Waals surface area contributed by atoms with Crippen LogP contribution in [0.25, 0.3) is 10.9 Å². The van der Waals surface area contributed by atoms with Crippen LogP contribution in [-0.4, -0.2) is 34.6 Å². The van der Waals surface area contributed by atoms with Gasteiger partial charge >= 0.3 is 5.97 Å². The quantitative estimate of drug-likeness (QED) is 0.653. The summed E-state index contributed by atoms with van der Waals surface area (Å²) in [6.45, 7) is 2.16. The molecule has 1 N–H and O–H groups in total. The molecule has 1 atom stereocenters. The number of carbonyl (C=O) groups excluding carboxylic acids is 2. The van der Waals surface area contributed by atoms with Crippen LogP contribution in [0.4, 0.5) is 5.69 Å². The average Bonchev–Trinajstić information content (AvgIpc) is 3.22. The van der Waals surface area contributed by atoms with Crippen molar-refractivity contribution >= 4 is 28.5 Å². The average molecular weight is 407 g/mol. The van der Waals surface area contributed by atoms with Gasteiger partial charge in [0, 0.05) is 18.7 Å². The minimum atomic E-state index is -1.01. The van der Waals surface area contributed by atoms with E-state index in [1.807, 2.05) is 0 Å². The molecule has 0 unspecified atom stereocenters. The molecule has 2 heterocycles. The van der Waals surface area contributed by atoms with Crippen LogP contribution in [0, 0.1) is 0 Å². The second-order valence-electron chi connectivity index (χ2n) is 7.09. The molecule has 3 aromatic rings. The first-order chi connectivity index (χ1) is 14.5. The fourth-order valence-corrected chi connectivity index (χ4v) is 3.41. The van der Waals surface area contributed by atoms with Gasteiger partial charge in [-0.1, -0.05) is 0 Å². The van der Waals surface area contributed by atoms with Gasteiger partial charge in [-0.15, -0.1) is 0 Å². The number of amides is 1. The summed E-state index contributed by atoms with van der Waals surface area (Å²) in [6, 6.07) is 11.4. The maximum absolute atomic E-state index is 12.5. The van der Waals surface area contributed by atoms with Gasteiger partial charge in [-0.05, 0) is 55.8 Å². The third-order valence-corrected chi connectivity index (χ3v) is 5.06. The van der Waals surface area contributed by atoms with Crippen LogP contribution in [0.5, 0.6) is 5.75 Å². The SMILES string of the molecule is COc1ccc(NC(=O)[C@@H](C)OC(=O)c2ccc3c(=O)n4c(nc3c2)CCC4)cc1. The number of hydrogen-bond acceptors (Lipinski definition) is 6. The van der Waals surface area contributed by atoms with Crippen molar-refractivity contribution in [2.24, 2.45) is 0 Å². The summed E-state index contributed by atoms with van der Waals surface area (Å²) in [5.41, 5.74) is 1.16. The Kier molecular flexibility index (Phi) is 5.22. The van der Waals surface area contributed by atoms with E-state index in [1.54, 1.807) is 42.0 Å². The summed E-state index contributed by atoms with van der Waals surface area (Å²) in [5.74, 6) is 0.285. The number of aryl methyl sites for hydroxylation is 1. The fraction of sp³-hybridized carbons (Fsp3) is 0.273. The topological polar surface area (TPSA) is 99.5 Å². The number of nitrogens with one attached hydrogen (secondary N) is 1. The molecule has 0 spiro atoms. The Labute approximate surface area is 172 Å². The molecular formula is C22H21N3O5. The van der Waals surface area contributed by atoms with Crippen molar-refractivity contribution < 1.29 is 19.1 Å². The Morgan fingerprint density at radius 3 is 2.67 bits per heavy atom.